The molecular weight excluding hydrogens is 200 g/mol. The Kier molecular flexibility index (Phi) is 5.56. The van der Waals surface area contributed by atoms with E-state index in [1.807, 2.05) is 0 Å². The monoisotopic (exact) mass is 224 g/mol. The Labute approximate surface area is 98.8 Å². The zero-order valence-corrected chi connectivity index (χ0v) is 10.9. The van der Waals surface area contributed by atoms with Crippen LogP contribution in [0.2, 0.25) is 0 Å². The molecule has 1 rings (SSSR count). The Morgan fingerprint density at radius 1 is 1.44 bits per heavy atom. The summed E-state index contributed by atoms with van der Waals surface area (Å²) in [4.78, 5) is 2.24. The summed E-state index contributed by atoms with van der Waals surface area (Å²) in [7, 11) is 2.11. The maximum Gasteiger partial charge on any atom is 0.122 e. The molecule has 0 unspecified atom stereocenters. The van der Waals surface area contributed by atoms with E-state index in [0.717, 1.165) is 31.9 Å². The molecule has 0 aliphatic carbocycles. The molecule has 1 heterocycles. The van der Waals surface area contributed by atoms with Crippen molar-refractivity contribution < 1.29 is 4.42 Å². The number of hydrogen-bond donors (Lipinski definition) is 1. The lowest BCUT2D eigenvalue weighted by atomic mass is 10.2. The normalized spacial score (nSPS) is 11.6. The van der Waals surface area contributed by atoms with Crippen molar-refractivity contribution in [2.75, 3.05) is 20.1 Å². The van der Waals surface area contributed by atoms with Gasteiger partial charge in [-0.15, -0.1) is 0 Å². The van der Waals surface area contributed by atoms with E-state index in [4.69, 9.17) is 4.42 Å². The van der Waals surface area contributed by atoms with Gasteiger partial charge in [-0.2, -0.15) is 0 Å². The lowest BCUT2D eigenvalue weighted by Gasteiger charge is -2.13. The van der Waals surface area contributed by atoms with Crippen molar-refractivity contribution in [3.63, 3.8) is 0 Å². The lowest BCUT2D eigenvalue weighted by molar-refractivity contribution is 0.307. The summed E-state index contributed by atoms with van der Waals surface area (Å²) in [5.74, 6) is 1.77. The predicted molar refractivity (Wildman–Crippen MR) is 67.3 cm³/mol. The second-order valence-electron chi connectivity index (χ2n) is 4.72. The molecule has 1 N–H and O–H groups in total. The predicted octanol–water partition coefficient (Wildman–Crippen LogP) is 2.48. The molecule has 0 atom stereocenters. The molecule has 0 radical (unpaired) electrons. The molecule has 0 fully saturated rings. The van der Waals surface area contributed by atoms with E-state index in [0.29, 0.717) is 5.92 Å². The summed E-state index contributed by atoms with van der Waals surface area (Å²) >= 11 is 0. The van der Waals surface area contributed by atoms with Crippen molar-refractivity contribution in [3.05, 3.63) is 23.7 Å². The third kappa shape index (κ3) is 4.37. The van der Waals surface area contributed by atoms with Gasteiger partial charge in [0.2, 0.25) is 0 Å². The zero-order chi connectivity index (χ0) is 12.0. The van der Waals surface area contributed by atoms with E-state index in [2.05, 4.69) is 44.1 Å². The van der Waals surface area contributed by atoms with Crippen molar-refractivity contribution in [2.45, 2.75) is 33.9 Å². The van der Waals surface area contributed by atoms with Gasteiger partial charge in [0.05, 0.1) is 12.8 Å². The van der Waals surface area contributed by atoms with E-state index >= 15 is 0 Å². The van der Waals surface area contributed by atoms with Crippen molar-refractivity contribution >= 4 is 0 Å². The number of furan rings is 1. The Morgan fingerprint density at radius 3 is 2.81 bits per heavy atom. The van der Waals surface area contributed by atoms with Crippen LogP contribution in [-0.2, 0) is 13.1 Å². The number of nitrogens with zero attached hydrogens (tertiary/aromatic N) is 1. The average molecular weight is 224 g/mol. The summed E-state index contributed by atoms with van der Waals surface area (Å²) in [6, 6.07) is 2.06. The van der Waals surface area contributed by atoms with E-state index < -0.39 is 0 Å². The average Bonchev–Trinajstić information content (AvgIpc) is 2.65. The fraction of sp³-hybridized carbons (Fsp3) is 0.692. The van der Waals surface area contributed by atoms with Crippen LogP contribution in [-0.4, -0.2) is 25.0 Å². The minimum absolute atomic E-state index is 0.689. The van der Waals surface area contributed by atoms with Crippen LogP contribution < -0.4 is 5.32 Å². The maximum atomic E-state index is 5.51. The van der Waals surface area contributed by atoms with Gasteiger partial charge in [0, 0.05) is 12.1 Å². The van der Waals surface area contributed by atoms with Crippen LogP contribution in [0.3, 0.4) is 0 Å². The summed E-state index contributed by atoms with van der Waals surface area (Å²) in [5.41, 5.74) is 1.28. The van der Waals surface area contributed by atoms with Crippen LogP contribution in [0.4, 0.5) is 0 Å². The van der Waals surface area contributed by atoms with E-state index in [-0.39, 0.29) is 0 Å². The first kappa shape index (κ1) is 13.3. The Balaban J connectivity index is 2.44. The molecule has 3 heteroatoms. The first-order chi connectivity index (χ1) is 7.63. The van der Waals surface area contributed by atoms with Crippen LogP contribution in [0.1, 0.15) is 32.1 Å². The highest BCUT2D eigenvalue weighted by Crippen LogP contribution is 2.12. The smallest absolute Gasteiger partial charge is 0.122 e. The topological polar surface area (TPSA) is 28.4 Å². The molecule has 92 valence electrons. The fourth-order valence-electron chi connectivity index (χ4n) is 1.52. The molecule has 1 aromatic heterocycles. The second kappa shape index (κ2) is 6.71. The highest BCUT2D eigenvalue weighted by atomic mass is 16.3. The van der Waals surface area contributed by atoms with E-state index in [1.165, 1.54) is 5.56 Å². The first-order valence-corrected chi connectivity index (χ1v) is 6.08. The summed E-state index contributed by atoms with van der Waals surface area (Å²) in [5, 5.41) is 3.44. The SMILES string of the molecule is CCN(C)Cc1occc1CNCC(C)C. The van der Waals surface area contributed by atoms with Crippen LogP contribution in [0.15, 0.2) is 16.7 Å². The number of rotatable bonds is 7. The van der Waals surface area contributed by atoms with Crippen LogP contribution in [0, 0.1) is 5.92 Å². The summed E-state index contributed by atoms with van der Waals surface area (Å²) < 4.78 is 5.51. The minimum atomic E-state index is 0.689. The van der Waals surface area contributed by atoms with Gasteiger partial charge in [0.1, 0.15) is 5.76 Å². The lowest BCUT2D eigenvalue weighted by Crippen LogP contribution is -2.21. The third-order valence-electron chi connectivity index (χ3n) is 2.66. The first-order valence-electron chi connectivity index (χ1n) is 6.08. The molecule has 0 spiro atoms. The van der Waals surface area contributed by atoms with Crippen molar-refractivity contribution in [3.8, 4) is 0 Å². The number of nitrogens with one attached hydrogen (secondary N) is 1. The third-order valence-corrected chi connectivity index (χ3v) is 2.66. The molecule has 3 nitrogen and oxygen atoms in total. The molecular formula is C13H24N2O. The molecule has 1 aromatic rings. The van der Waals surface area contributed by atoms with Crippen molar-refractivity contribution in [1.82, 2.24) is 10.2 Å². The Hall–Kier alpha value is -0.800. The van der Waals surface area contributed by atoms with Gasteiger partial charge in [-0.3, -0.25) is 4.90 Å². The zero-order valence-electron chi connectivity index (χ0n) is 10.9. The molecule has 0 bridgehead atoms. The molecule has 0 saturated heterocycles. The highest BCUT2D eigenvalue weighted by Gasteiger charge is 2.08. The Morgan fingerprint density at radius 2 is 2.19 bits per heavy atom. The number of hydrogen-bond acceptors (Lipinski definition) is 3. The largest absolute Gasteiger partial charge is 0.468 e. The summed E-state index contributed by atoms with van der Waals surface area (Å²) in [6.07, 6.45) is 1.78. The van der Waals surface area contributed by atoms with E-state index in [9.17, 15) is 0 Å². The van der Waals surface area contributed by atoms with Gasteiger partial charge >= 0.3 is 0 Å². The van der Waals surface area contributed by atoms with Crippen molar-refractivity contribution in [2.24, 2.45) is 5.92 Å². The highest BCUT2D eigenvalue weighted by molar-refractivity contribution is 5.16. The molecule has 0 aliphatic rings. The van der Waals surface area contributed by atoms with Gasteiger partial charge < -0.3 is 9.73 Å². The van der Waals surface area contributed by atoms with Gasteiger partial charge in [-0.1, -0.05) is 20.8 Å². The maximum absolute atomic E-state index is 5.51. The second-order valence-corrected chi connectivity index (χ2v) is 4.72. The molecule has 0 aliphatic heterocycles. The van der Waals surface area contributed by atoms with Crippen LogP contribution >= 0.6 is 0 Å². The van der Waals surface area contributed by atoms with Gasteiger partial charge in [-0.05, 0) is 32.1 Å². The standard InChI is InChI=1S/C13H24N2O/c1-5-15(4)10-13-12(6-7-16-13)9-14-8-11(2)3/h6-7,11,14H,5,8-10H2,1-4H3. The van der Waals surface area contributed by atoms with Crippen LogP contribution in [0.25, 0.3) is 0 Å². The Bertz CT molecular complexity index is 294. The molecule has 0 aromatic carbocycles. The minimum Gasteiger partial charge on any atom is -0.468 e. The van der Waals surface area contributed by atoms with E-state index in [1.54, 1.807) is 6.26 Å². The molecule has 16 heavy (non-hydrogen) atoms. The van der Waals surface area contributed by atoms with Gasteiger partial charge in [0.25, 0.3) is 0 Å². The van der Waals surface area contributed by atoms with Crippen molar-refractivity contribution in [1.29, 1.82) is 0 Å². The molecule has 0 saturated carbocycles. The van der Waals surface area contributed by atoms with Gasteiger partial charge in [0.15, 0.2) is 0 Å². The summed E-state index contributed by atoms with van der Waals surface area (Å²) in [6.45, 7) is 10.5. The van der Waals surface area contributed by atoms with Gasteiger partial charge in [-0.25, -0.2) is 0 Å². The fourth-order valence-corrected chi connectivity index (χ4v) is 1.52. The quantitative estimate of drug-likeness (QED) is 0.771. The van der Waals surface area contributed by atoms with Crippen LogP contribution in [0.5, 0.6) is 0 Å². The molecule has 0 amide bonds.